The number of hydrogen-bond acceptors (Lipinski definition) is 3. The molecule has 3 atom stereocenters. The van der Waals surface area contributed by atoms with E-state index in [0.717, 1.165) is 30.7 Å². The SMILES string of the molecule is C=C(C)C1CC(=O)C(C)=C(N2C[C@H](C)NC[C@H]2C)C1. The van der Waals surface area contributed by atoms with Gasteiger partial charge < -0.3 is 10.2 Å². The molecule has 1 unspecified atom stereocenters. The number of ketones is 1. The van der Waals surface area contributed by atoms with Gasteiger partial charge in [0.25, 0.3) is 0 Å². The van der Waals surface area contributed by atoms with Gasteiger partial charge in [-0.25, -0.2) is 0 Å². The molecule has 0 bridgehead atoms. The first kappa shape index (κ1) is 14.3. The fourth-order valence-corrected chi connectivity index (χ4v) is 3.08. The minimum Gasteiger partial charge on any atom is -0.369 e. The lowest BCUT2D eigenvalue weighted by Crippen LogP contribution is -2.54. The van der Waals surface area contributed by atoms with E-state index in [9.17, 15) is 4.79 Å². The van der Waals surface area contributed by atoms with E-state index in [4.69, 9.17) is 0 Å². The molecule has 0 saturated carbocycles. The molecular formula is C16H26N2O. The first-order chi connectivity index (χ1) is 8.90. The number of nitrogens with zero attached hydrogens (tertiary/aromatic N) is 1. The van der Waals surface area contributed by atoms with Crippen LogP contribution >= 0.6 is 0 Å². The van der Waals surface area contributed by atoms with Crippen LogP contribution in [0.15, 0.2) is 23.4 Å². The van der Waals surface area contributed by atoms with Crippen molar-refractivity contribution in [2.45, 2.75) is 52.6 Å². The van der Waals surface area contributed by atoms with Crippen LogP contribution in [0.5, 0.6) is 0 Å². The third-order valence-corrected chi connectivity index (χ3v) is 4.53. The highest BCUT2D eigenvalue weighted by atomic mass is 16.1. The molecule has 2 rings (SSSR count). The summed E-state index contributed by atoms with van der Waals surface area (Å²) in [6.07, 6.45) is 1.62. The van der Waals surface area contributed by atoms with Crippen molar-refractivity contribution in [2.24, 2.45) is 5.92 Å². The Morgan fingerprint density at radius 2 is 2.05 bits per heavy atom. The fourth-order valence-electron chi connectivity index (χ4n) is 3.08. The zero-order chi connectivity index (χ0) is 14.2. The Morgan fingerprint density at radius 1 is 1.37 bits per heavy atom. The molecule has 3 nitrogen and oxygen atoms in total. The highest BCUT2D eigenvalue weighted by Crippen LogP contribution is 2.34. The molecule has 1 aliphatic heterocycles. The van der Waals surface area contributed by atoms with Gasteiger partial charge in [0.05, 0.1) is 0 Å². The van der Waals surface area contributed by atoms with Crippen molar-refractivity contribution in [3.05, 3.63) is 23.4 Å². The van der Waals surface area contributed by atoms with Crippen LogP contribution in [-0.4, -0.2) is 35.9 Å². The van der Waals surface area contributed by atoms with E-state index in [1.54, 1.807) is 0 Å². The van der Waals surface area contributed by atoms with Gasteiger partial charge >= 0.3 is 0 Å². The second-order valence-electron chi connectivity index (χ2n) is 6.26. The third kappa shape index (κ3) is 2.92. The maximum absolute atomic E-state index is 12.2. The summed E-state index contributed by atoms with van der Waals surface area (Å²) in [7, 11) is 0. The van der Waals surface area contributed by atoms with Crippen LogP contribution in [0.3, 0.4) is 0 Å². The van der Waals surface area contributed by atoms with Gasteiger partial charge in [-0.05, 0) is 40.0 Å². The molecule has 0 aromatic heterocycles. The number of hydrogen-bond donors (Lipinski definition) is 1. The molecule has 3 heteroatoms. The topological polar surface area (TPSA) is 32.3 Å². The summed E-state index contributed by atoms with van der Waals surface area (Å²) in [4.78, 5) is 14.6. The van der Waals surface area contributed by atoms with Crippen molar-refractivity contribution in [1.29, 1.82) is 0 Å². The van der Waals surface area contributed by atoms with Crippen molar-refractivity contribution in [3.63, 3.8) is 0 Å². The number of piperazine rings is 1. The minimum atomic E-state index is 0.299. The van der Waals surface area contributed by atoms with Gasteiger partial charge in [-0.1, -0.05) is 12.2 Å². The molecule has 2 aliphatic rings. The summed E-state index contributed by atoms with van der Waals surface area (Å²) in [5, 5.41) is 3.49. The predicted octanol–water partition coefficient (Wildman–Crippen LogP) is 2.50. The predicted molar refractivity (Wildman–Crippen MR) is 78.9 cm³/mol. The first-order valence-corrected chi connectivity index (χ1v) is 7.28. The molecule has 0 spiro atoms. The molecule has 1 saturated heterocycles. The van der Waals surface area contributed by atoms with E-state index in [0.29, 0.717) is 30.2 Å². The van der Waals surface area contributed by atoms with Crippen LogP contribution in [0.25, 0.3) is 0 Å². The second kappa shape index (κ2) is 5.49. The van der Waals surface area contributed by atoms with E-state index in [2.05, 4.69) is 30.6 Å². The van der Waals surface area contributed by atoms with Gasteiger partial charge in [-0.15, -0.1) is 0 Å². The lowest BCUT2D eigenvalue weighted by atomic mass is 9.82. The molecule has 19 heavy (non-hydrogen) atoms. The van der Waals surface area contributed by atoms with E-state index < -0.39 is 0 Å². The van der Waals surface area contributed by atoms with Gasteiger partial charge in [0.2, 0.25) is 0 Å². The lowest BCUT2D eigenvalue weighted by molar-refractivity contribution is -0.117. The molecule has 0 aromatic rings. The highest BCUT2D eigenvalue weighted by Gasteiger charge is 2.32. The number of carbonyl (C=O) groups excluding carboxylic acids is 1. The highest BCUT2D eigenvalue weighted by molar-refractivity contribution is 5.96. The van der Waals surface area contributed by atoms with Crippen LogP contribution < -0.4 is 5.32 Å². The van der Waals surface area contributed by atoms with Gasteiger partial charge in [0.1, 0.15) is 0 Å². The first-order valence-electron chi connectivity index (χ1n) is 7.28. The average molecular weight is 262 g/mol. The molecule has 1 heterocycles. The number of rotatable bonds is 2. The molecule has 1 aliphatic carbocycles. The molecule has 106 valence electrons. The normalized spacial score (nSPS) is 32.7. The van der Waals surface area contributed by atoms with Gasteiger partial charge in [-0.3, -0.25) is 4.79 Å². The summed E-state index contributed by atoms with van der Waals surface area (Å²) in [5.41, 5.74) is 3.36. The van der Waals surface area contributed by atoms with Crippen LogP contribution in [0, 0.1) is 5.92 Å². The van der Waals surface area contributed by atoms with E-state index in [1.165, 1.54) is 5.70 Å². The van der Waals surface area contributed by atoms with Crippen molar-refractivity contribution >= 4 is 5.78 Å². The summed E-state index contributed by atoms with van der Waals surface area (Å²) in [6, 6.07) is 0.939. The number of carbonyl (C=O) groups is 1. The zero-order valence-electron chi connectivity index (χ0n) is 12.6. The summed E-state index contributed by atoms with van der Waals surface area (Å²) in [5.74, 6) is 0.622. The number of allylic oxidation sites excluding steroid dienone is 3. The van der Waals surface area contributed by atoms with Gasteiger partial charge in [0.15, 0.2) is 5.78 Å². The molecule has 1 fully saturated rings. The quantitative estimate of drug-likeness (QED) is 0.776. The summed E-state index contributed by atoms with van der Waals surface area (Å²) in [6.45, 7) is 14.5. The summed E-state index contributed by atoms with van der Waals surface area (Å²) >= 11 is 0. The Labute approximate surface area is 116 Å². The van der Waals surface area contributed by atoms with Crippen LogP contribution in [0.1, 0.15) is 40.5 Å². The van der Waals surface area contributed by atoms with Crippen LogP contribution in [0.4, 0.5) is 0 Å². The molecule has 0 radical (unpaired) electrons. The Kier molecular flexibility index (Phi) is 4.14. The standard InChI is InChI=1S/C16H26N2O/c1-10(2)14-6-15(13(5)16(19)7-14)18-9-11(3)17-8-12(18)4/h11-12,14,17H,1,6-9H2,2-5H3/t11-,12+,14?/m0/s1. The molecule has 0 amide bonds. The van der Waals surface area contributed by atoms with Crippen molar-refractivity contribution in [3.8, 4) is 0 Å². The number of nitrogens with one attached hydrogen (secondary N) is 1. The van der Waals surface area contributed by atoms with Gasteiger partial charge in [0, 0.05) is 42.9 Å². The number of Topliss-reactive ketones (excluding diaryl/α,β-unsaturated/α-hetero) is 1. The fraction of sp³-hybridized carbons (Fsp3) is 0.688. The maximum Gasteiger partial charge on any atom is 0.160 e. The zero-order valence-corrected chi connectivity index (χ0v) is 12.6. The second-order valence-corrected chi connectivity index (χ2v) is 6.26. The minimum absolute atomic E-state index is 0.299. The Bertz CT molecular complexity index is 424. The molecular weight excluding hydrogens is 236 g/mol. The molecule has 0 aromatic carbocycles. The van der Waals surface area contributed by atoms with E-state index in [-0.39, 0.29) is 0 Å². The molecule has 1 N–H and O–H groups in total. The Hall–Kier alpha value is -1.09. The maximum atomic E-state index is 12.2. The van der Waals surface area contributed by atoms with E-state index >= 15 is 0 Å². The summed E-state index contributed by atoms with van der Waals surface area (Å²) < 4.78 is 0. The van der Waals surface area contributed by atoms with Crippen LogP contribution in [0.2, 0.25) is 0 Å². The monoisotopic (exact) mass is 262 g/mol. The van der Waals surface area contributed by atoms with Crippen LogP contribution in [-0.2, 0) is 4.79 Å². The smallest absolute Gasteiger partial charge is 0.160 e. The van der Waals surface area contributed by atoms with E-state index in [1.807, 2.05) is 13.8 Å². The average Bonchev–Trinajstić information content (AvgIpc) is 2.35. The van der Waals surface area contributed by atoms with Crippen molar-refractivity contribution in [1.82, 2.24) is 10.2 Å². The lowest BCUT2D eigenvalue weighted by Gasteiger charge is -2.43. The van der Waals surface area contributed by atoms with Gasteiger partial charge in [-0.2, -0.15) is 0 Å². The Morgan fingerprint density at radius 3 is 2.68 bits per heavy atom. The van der Waals surface area contributed by atoms with Crippen molar-refractivity contribution < 1.29 is 4.79 Å². The van der Waals surface area contributed by atoms with Crippen molar-refractivity contribution in [2.75, 3.05) is 13.1 Å². The Balaban J connectivity index is 2.27. The largest absolute Gasteiger partial charge is 0.369 e. The third-order valence-electron chi connectivity index (χ3n) is 4.53.